The molecule has 0 amide bonds. The predicted octanol–water partition coefficient (Wildman–Crippen LogP) is 3.14. The topological polar surface area (TPSA) is 21.3 Å². The van der Waals surface area contributed by atoms with Crippen LogP contribution in [0.15, 0.2) is 30.3 Å². The lowest BCUT2D eigenvalue weighted by Crippen LogP contribution is -2.28. The van der Waals surface area contributed by atoms with E-state index < -0.39 is 12.8 Å². The number of hydrogen-bond donors (Lipinski definition) is 1. The third kappa shape index (κ3) is 6.23. The van der Waals surface area contributed by atoms with E-state index in [1.165, 1.54) is 0 Å². The second-order valence-electron chi connectivity index (χ2n) is 3.74. The molecule has 1 atom stereocenters. The van der Waals surface area contributed by atoms with Crippen LogP contribution < -0.4 is 5.32 Å². The first-order valence-corrected chi connectivity index (χ1v) is 6.05. The van der Waals surface area contributed by atoms with Crippen LogP contribution in [0.4, 0.5) is 13.2 Å². The van der Waals surface area contributed by atoms with E-state index in [-0.39, 0.29) is 12.6 Å². The van der Waals surface area contributed by atoms with Gasteiger partial charge in [-0.2, -0.15) is 13.2 Å². The summed E-state index contributed by atoms with van der Waals surface area (Å²) in [6, 6.07) is 9.41. The smallest absolute Gasteiger partial charge is 0.371 e. The van der Waals surface area contributed by atoms with Gasteiger partial charge in [0, 0.05) is 18.5 Å². The maximum atomic E-state index is 11.8. The van der Waals surface area contributed by atoms with Crippen LogP contribution in [0.25, 0.3) is 0 Å². The van der Waals surface area contributed by atoms with Crippen molar-refractivity contribution in [2.75, 3.05) is 25.6 Å². The standard InChI is InChI=1S/C12H15ClF3NO/c13-8-11(10-4-2-1-3-5-10)17-6-7-18-9-12(14,15)16/h1-5,11,17H,6-9H2. The molecule has 0 heterocycles. The maximum Gasteiger partial charge on any atom is 0.411 e. The lowest BCUT2D eigenvalue weighted by molar-refractivity contribution is -0.173. The molecule has 102 valence electrons. The van der Waals surface area contributed by atoms with Gasteiger partial charge in [0.15, 0.2) is 0 Å². The van der Waals surface area contributed by atoms with Gasteiger partial charge in [-0.1, -0.05) is 30.3 Å². The summed E-state index contributed by atoms with van der Waals surface area (Å²) < 4.78 is 39.9. The number of nitrogens with one attached hydrogen (secondary N) is 1. The van der Waals surface area contributed by atoms with Crippen molar-refractivity contribution in [2.45, 2.75) is 12.2 Å². The Morgan fingerprint density at radius 3 is 2.44 bits per heavy atom. The largest absolute Gasteiger partial charge is 0.411 e. The Morgan fingerprint density at radius 1 is 1.22 bits per heavy atom. The maximum absolute atomic E-state index is 11.8. The number of alkyl halides is 4. The van der Waals surface area contributed by atoms with E-state index in [2.05, 4.69) is 10.1 Å². The molecule has 0 aliphatic rings. The summed E-state index contributed by atoms with van der Waals surface area (Å²) in [4.78, 5) is 0. The number of rotatable bonds is 7. The Labute approximate surface area is 109 Å². The Hall–Kier alpha value is -0.780. The first kappa shape index (κ1) is 15.3. The van der Waals surface area contributed by atoms with Crippen molar-refractivity contribution in [3.63, 3.8) is 0 Å². The van der Waals surface area contributed by atoms with Gasteiger partial charge in [0.25, 0.3) is 0 Å². The third-order valence-corrected chi connectivity index (χ3v) is 2.57. The molecule has 1 N–H and O–H groups in total. The Balaban J connectivity index is 2.25. The van der Waals surface area contributed by atoms with Crippen molar-refractivity contribution in [3.05, 3.63) is 35.9 Å². The molecular weight excluding hydrogens is 267 g/mol. The molecule has 0 aliphatic heterocycles. The van der Waals surface area contributed by atoms with Crippen LogP contribution in [0.5, 0.6) is 0 Å². The van der Waals surface area contributed by atoms with Crippen molar-refractivity contribution >= 4 is 11.6 Å². The van der Waals surface area contributed by atoms with Crippen LogP contribution in [0, 0.1) is 0 Å². The summed E-state index contributed by atoms with van der Waals surface area (Å²) in [6.45, 7) is -0.895. The molecule has 1 rings (SSSR count). The number of ether oxygens (including phenoxy) is 1. The summed E-state index contributed by atoms with van der Waals surface area (Å²) in [5.74, 6) is 0.350. The van der Waals surface area contributed by atoms with Crippen molar-refractivity contribution in [3.8, 4) is 0 Å². The monoisotopic (exact) mass is 281 g/mol. The minimum atomic E-state index is -4.27. The van der Waals surface area contributed by atoms with Gasteiger partial charge < -0.3 is 10.1 Å². The highest BCUT2D eigenvalue weighted by Crippen LogP contribution is 2.15. The lowest BCUT2D eigenvalue weighted by Gasteiger charge is -2.16. The second-order valence-corrected chi connectivity index (χ2v) is 4.05. The summed E-state index contributed by atoms with van der Waals surface area (Å²) in [5, 5.41) is 3.05. The van der Waals surface area contributed by atoms with E-state index >= 15 is 0 Å². The molecule has 0 bridgehead atoms. The molecule has 0 aromatic heterocycles. The van der Waals surface area contributed by atoms with E-state index in [0.717, 1.165) is 5.56 Å². The highest BCUT2D eigenvalue weighted by molar-refractivity contribution is 6.18. The minimum Gasteiger partial charge on any atom is -0.371 e. The Morgan fingerprint density at radius 2 is 1.89 bits per heavy atom. The molecular formula is C12H15ClF3NO. The lowest BCUT2D eigenvalue weighted by atomic mass is 10.1. The van der Waals surface area contributed by atoms with Crippen molar-refractivity contribution in [1.82, 2.24) is 5.32 Å². The van der Waals surface area contributed by atoms with Gasteiger partial charge in [-0.15, -0.1) is 11.6 Å². The molecule has 1 unspecified atom stereocenters. The molecule has 0 aliphatic carbocycles. The molecule has 2 nitrogen and oxygen atoms in total. The van der Waals surface area contributed by atoms with Gasteiger partial charge in [-0.3, -0.25) is 0 Å². The fraction of sp³-hybridized carbons (Fsp3) is 0.500. The zero-order valence-corrected chi connectivity index (χ0v) is 10.5. The Bertz CT molecular complexity index is 332. The third-order valence-electron chi connectivity index (χ3n) is 2.26. The van der Waals surface area contributed by atoms with Gasteiger partial charge in [-0.25, -0.2) is 0 Å². The highest BCUT2D eigenvalue weighted by atomic mass is 35.5. The molecule has 0 radical (unpaired) electrons. The van der Waals surface area contributed by atoms with E-state index in [1.54, 1.807) is 0 Å². The fourth-order valence-electron chi connectivity index (χ4n) is 1.44. The van der Waals surface area contributed by atoms with Crippen molar-refractivity contribution < 1.29 is 17.9 Å². The number of hydrogen-bond acceptors (Lipinski definition) is 2. The van der Waals surface area contributed by atoms with Crippen LogP contribution in [-0.4, -0.2) is 31.8 Å². The van der Waals surface area contributed by atoms with Crippen molar-refractivity contribution in [2.24, 2.45) is 0 Å². The average molecular weight is 282 g/mol. The summed E-state index contributed by atoms with van der Waals surface area (Å²) in [5.41, 5.74) is 1.00. The molecule has 0 saturated carbocycles. The summed E-state index contributed by atoms with van der Waals surface area (Å²) >= 11 is 5.80. The zero-order chi connectivity index (χ0) is 13.4. The van der Waals surface area contributed by atoms with Crippen LogP contribution >= 0.6 is 11.6 Å². The normalized spacial score (nSPS) is 13.6. The SMILES string of the molecule is FC(F)(F)COCCNC(CCl)c1ccccc1. The Kier molecular flexibility index (Phi) is 6.46. The first-order valence-electron chi connectivity index (χ1n) is 5.51. The van der Waals surface area contributed by atoms with Crippen molar-refractivity contribution in [1.29, 1.82) is 0 Å². The van der Waals surface area contributed by atoms with Gasteiger partial charge in [-0.05, 0) is 5.56 Å². The number of benzene rings is 1. The molecule has 0 spiro atoms. The molecule has 0 fully saturated rings. The average Bonchev–Trinajstić information content (AvgIpc) is 2.33. The van der Waals surface area contributed by atoms with Crippen LogP contribution in [0.2, 0.25) is 0 Å². The van der Waals surface area contributed by atoms with Crippen LogP contribution in [-0.2, 0) is 4.74 Å². The van der Waals surface area contributed by atoms with Crippen LogP contribution in [0.3, 0.4) is 0 Å². The highest BCUT2D eigenvalue weighted by Gasteiger charge is 2.27. The molecule has 1 aromatic carbocycles. The van der Waals surface area contributed by atoms with Crippen LogP contribution in [0.1, 0.15) is 11.6 Å². The zero-order valence-electron chi connectivity index (χ0n) is 9.71. The minimum absolute atomic E-state index is 0.000265. The second kappa shape index (κ2) is 7.61. The quantitative estimate of drug-likeness (QED) is 0.612. The van der Waals surface area contributed by atoms with Gasteiger partial charge >= 0.3 is 6.18 Å². The molecule has 18 heavy (non-hydrogen) atoms. The first-order chi connectivity index (χ1) is 8.53. The fourth-order valence-corrected chi connectivity index (χ4v) is 1.73. The summed E-state index contributed by atoms with van der Waals surface area (Å²) in [7, 11) is 0. The summed E-state index contributed by atoms with van der Waals surface area (Å²) in [6.07, 6.45) is -4.27. The van der Waals surface area contributed by atoms with Gasteiger partial charge in [0.05, 0.1) is 6.61 Å². The van der Waals surface area contributed by atoms with E-state index in [0.29, 0.717) is 12.4 Å². The molecule has 1 aromatic rings. The predicted molar refractivity (Wildman–Crippen MR) is 64.8 cm³/mol. The molecule has 0 saturated heterocycles. The molecule has 6 heteroatoms. The number of halogens is 4. The van der Waals surface area contributed by atoms with E-state index in [9.17, 15) is 13.2 Å². The van der Waals surface area contributed by atoms with Gasteiger partial charge in [0.1, 0.15) is 6.61 Å². The van der Waals surface area contributed by atoms with Gasteiger partial charge in [0.2, 0.25) is 0 Å². The van der Waals surface area contributed by atoms with E-state index in [4.69, 9.17) is 11.6 Å². The van der Waals surface area contributed by atoms with E-state index in [1.807, 2.05) is 30.3 Å².